The van der Waals surface area contributed by atoms with Crippen LogP contribution in [-0.4, -0.2) is 39.4 Å². The Morgan fingerprint density at radius 1 is 1.23 bits per heavy atom. The number of anilines is 2. The summed E-state index contributed by atoms with van der Waals surface area (Å²) in [4.78, 5) is 8.75. The summed E-state index contributed by atoms with van der Waals surface area (Å²) in [5.41, 5.74) is 1.84. The van der Waals surface area contributed by atoms with Gasteiger partial charge in [-0.1, -0.05) is 28.9 Å². The number of pyridine rings is 1. The first-order valence-electron chi connectivity index (χ1n) is 12.3. The number of nitriles is 1. The highest BCUT2D eigenvalue weighted by atomic mass is 35.5. The van der Waals surface area contributed by atoms with Gasteiger partial charge in [0.2, 0.25) is 0 Å². The molecule has 2 N–H and O–H groups in total. The summed E-state index contributed by atoms with van der Waals surface area (Å²) in [6, 6.07) is 12.0. The summed E-state index contributed by atoms with van der Waals surface area (Å²) in [7, 11) is 7.00. The molecule has 1 unspecified atom stereocenters. The van der Waals surface area contributed by atoms with E-state index in [-0.39, 0.29) is 5.82 Å². The monoisotopic (exact) mass is 554 g/mol. The van der Waals surface area contributed by atoms with Gasteiger partial charge in [-0.3, -0.25) is 4.98 Å². The van der Waals surface area contributed by atoms with Gasteiger partial charge in [0.15, 0.2) is 0 Å². The first-order valence-corrected chi connectivity index (χ1v) is 13.6. The normalized spacial score (nSPS) is 14.6. The Kier molecular flexibility index (Phi) is 6.67. The molecule has 1 saturated carbocycles. The van der Waals surface area contributed by atoms with Crippen molar-refractivity contribution in [3.05, 3.63) is 93.0 Å². The van der Waals surface area contributed by atoms with Gasteiger partial charge < -0.3 is 10.6 Å². The highest BCUT2D eigenvalue weighted by Crippen LogP contribution is 2.38. The lowest BCUT2D eigenvalue weighted by Crippen LogP contribution is -2.37. The summed E-state index contributed by atoms with van der Waals surface area (Å²) in [6.07, 6.45) is 7.87. The zero-order valence-electron chi connectivity index (χ0n) is 20.6. The molecule has 0 bridgehead atoms. The zero-order valence-corrected chi connectivity index (χ0v) is 22.2. The predicted molar refractivity (Wildman–Crippen MR) is 151 cm³/mol. The number of hydrogen-bond acceptors (Lipinski definition) is 8. The Morgan fingerprint density at radius 2 is 2.05 bits per heavy atom. The number of benzene rings is 2. The zero-order chi connectivity index (χ0) is 27.0. The van der Waals surface area contributed by atoms with Crippen LogP contribution in [0, 0.1) is 17.1 Å². The number of fused-ring (bicyclic) bond motifs is 1. The number of nitrogens with zero attached hydrogens (tertiary/aromatic N) is 6. The maximum atomic E-state index is 13.8. The number of nitrogens with one attached hydrogen (secondary N) is 2. The molecule has 0 amide bonds. The van der Waals surface area contributed by atoms with Crippen LogP contribution in [0.4, 0.5) is 15.8 Å². The van der Waals surface area contributed by atoms with E-state index in [1.165, 1.54) is 18.3 Å². The minimum absolute atomic E-state index is 0.312. The maximum Gasteiger partial charge on any atom is 0.123 e. The molecule has 6 rings (SSSR count). The summed E-state index contributed by atoms with van der Waals surface area (Å²) < 4.78 is 15.6. The number of thiazole rings is 1. The molecule has 0 aliphatic heterocycles. The maximum absolute atomic E-state index is 13.8. The van der Waals surface area contributed by atoms with Crippen LogP contribution in [0.2, 0.25) is 5.02 Å². The molecule has 1 fully saturated rings. The Labute approximate surface area is 234 Å². The van der Waals surface area contributed by atoms with Gasteiger partial charge in [0, 0.05) is 41.8 Å². The second-order valence-corrected chi connectivity index (χ2v) is 10.8. The van der Waals surface area contributed by atoms with E-state index in [9.17, 15) is 9.65 Å². The minimum Gasteiger partial charge on any atom is -0.383 e. The van der Waals surface area contributed by atoms with Crippen molar-refractivity contribution in [3.8, 4) is 6.07 Å². The predicted octanol–water partition coefficient (Wildman–Crippen LogP) is 5.42. The van der Waals surface area contributed by atoms with Crippen molar-refractivity contribution in [1.82, 2.24) is 25.0 Å². The van der Waals surface area contributed by atoms with Crippen molar-refractivity contribution in [3.63, 3.8) is 0 Å². The van der Waals surface area contributed by atoms with E-state index in [0.29, 0.717) is 63.1 Å². The molecule has 2 aromatic carbocycles. The SMILES string of the molecule is [B]C(Nc1cc(Cl)c2ncc(C#N)c(NCCc3nccs3)c2c1)(c1ccc(F)cc1)c1cn(C2CC2)nn1. The third-order valence-corrected chi connectivity index (χ3v) is 7.77. The van der Waals surface area contributed by atoms with Gasteiger partial charge in [-0.25, -0.2) is 14.1 Å². The number of hydrogen-bond donors (Lipinski definition) is 2. The molecule has 2 radical (unpaired) electrons. The molecule has 5 aromatic rings. The van der Waals surface area contributed by atoms with Crippen molar-refractivity contribution < 1.29 is 4.39 Å². The summed E-state index contributed by atoms with van der Waals surface area (Å²) >= 11 is 8.27. The van der Waals surface area contributed by atoms with Crippen LogP contribution >= 0.6 is 22.9 Å². The molecule has 0 spiro atoms. The van der Waals surface area contributed by atoms with Crippen LogP contribution < -0.4 is 10.6 Å². The quantitative estimate of drug-likeness (QED) is 0.235. The standard InChI is InChI=1S/C27H21BClFN8S/c28-27(17-1-3-18(30)4-2-17,23-15-38(37-36-23)20-5-6-20)35-19-11-21-25(33-8-7-24-32-9-10-39-24)16(13-31)14-34-26(21)22(29)12-19/h1-4,9-12,14-15,20,35H,5-8H2,(H,33,34). The Morgan fingerprint density at radius 3 is 2.77 bits per heavy atom. The first kappa shape index (κ1) is 25.3. The van der Waals surface area contributed by atoms with Gasteiger partial charge in [0.1, 0.15) is 25.4 Å². The smallest absolute Gasteiger partial charge is 0.123 e. The van der Waals surface area contributed by atoms with Gasteiger partial charge in [-0.15, -0.1) is 16.4 Å². The Bertz CT molecular complexity index is 1680. The molecule has 8 nitrogen and oxygen atoms in total. The fraction of sp³-hybridized carbons (Fsp3) is 0.222. The Balaban J connectivity index is 1.40. The Hall–Kier alpha value is -4.01. The largest absolute Gasteiger partial charge is 0.383 e. The van der Waals surface area contributed by atoms with E-state index < -0.39 is 5.44 Å². The molecule has 0 saturated heterocycles. The van der Waals surface area contributed by atoms with Gasteiger partial charge in [0.05, 0.1) is 44.5 Å². The molecule has 39 heavy (non-hydrogen) atoms. The second-order valence-electron chi connectivity index (χ2n) is 9.37. The molecule has 1 aliphatic carbocycles. The number of aromatic nitrogens is 5. The van der Waals surface area contributed by atoms with E-state index in [0.717, 1.165) is 17.8 Å². The van der Waals surface area contributed by atoms with Crippen LogP contribution in [0.5, 0.6) is 0 Å². The van der Waals surface area contributed by atoms with Crippen LogP contribution in [0.15, 0.2) is 60.4 Å². The van der Waals surface area contributed by atoms with Crippen molar-refractivity contribution >= 4 is 53.1 Å². The highest BCUT2D eigenvalue weighted by Gasteiger charge is 2.34. The number of rotatable bonds is 9. The van der Waals surface area contributed by atoms with Crippen LogP contribution in [0.25, 0.3) is 10.9 Å². The molecule has 3 aromatic heterocycles. The topological polar surface area (TPSA) is 104 Å². The molecule has 1 aliphatic rings. The summed E-state index contributed by atoms with van der Waals surface area (Å²) in [6.45, 7) is 0.567. The lowest BCUT2D eigenvalue weighted by Gasteiger charge is -2.32. The van der Waals surface area contributed by atoms with Crippen molar-refractivity contribution in [2.24, 2.45) is 0 Å². The van der Waals surface area contributed by atoms with E-state index >= 15 is 0 Å². The van der Waals surface area contributed by atoms with Gasteiger partial charge >= 0.3 is 0 Å². The van der Waals surface area contributed by atoms with Gasteiger partial charge in [-0.2, -0.15) is 5.26 Å². The molecular weight excluding hydrogens is 534 g/mol. The van der Waals surface area contributed by atoms with E-state index in [1.54, 1.807) is 35.7 Å². The highest BCUT2D eigenvalue weighted by molar-refractivity contribution is 7.09. The molecule has 12 heteroatoms. The molecular formula is C27H21BClFN8S. The first-order chi connectivity index (χ1) is 18.9. The third-order valence-electron chi connectivity index (χ3n) is 6.65. The molecule has 3 heterocycles. The molecule has 1 atom stereocenters. The average molecular weight is 555 g/mol. The van der Waals surface area contributed by atoms with Gasteiger partial charge in [-0.05, 0) is 42.7 Å². The molecule has 192 valence electrons. The average Bonchev–Trinajstić information content (AvgIpc) is 3.41. The van der Waals surface area contributed by atoms with E-state index in [4.69, 9.17) is 19.4 Å². The van der Waals surface area contributed by atoms with E-state index in [2.05, 4.69) is 37.0 Å². The third kappa shape index (κ3) is 5.05. The van der Waals surface area contributed by atoms with Crippen molar-refractivity contribution in [2.75, 3.05) is 17.2 Å². The second kappa shape index (κ2) is 10.3. The fourth-order valence-corrected chi connectivity index (χ4v) is 5.37. The van der Waals surface area contributed by atoms with E-state index in [1.807, 2.05) is 22.3 Å². The lowest BCUT2D eigenvalue weighted by atomic mass is 9.69. The van der Waals surface area contributed by atoms with Crippen LogP contribution in [0.3, 0.4) is 0 Å². The number of halogens is 2. The van der Waals surface area contributed by atoms with Crippen molar-refractivity contribution in [2.45, 2.75) is 30.7 Å². The van der Waals surface area contributed by atoms with Crippen molar-refractivity contribution in [1.29, 1.82) is 5.26 Å². The van der Waals surface area contributed by atoms with Crippen LogP contribution in [0.1, 0.15) is 40.7 Å². The fourth-order valence-electron chi connectivity index (χ4n) is 4.48. The summed E-state index contributed by atoms with van der Waals surface area (Å²) in [5, 5.41) is 29.1. The lowest BCUT2D eigenvalue weighted by molar-refractivity contribution is 0.610. The van der Waals surface area contributed by atoms with Gasteiger partial charge in [0.25, 0.3) is 0 Å². The summed E-state index contributed by atoms with van der Waals surface area (Å²) in [5.74, 6) is -0.375. The van der Waals surface area contributed by atoms with Crippen LogP contribution in [-0.2, 0) is 11.9 Å². The minimum atomic E-state index is -1.35.